The first-order chi connectivity index (χ1) is 11.2. The predicted molar refractivity (Wildman–Crippen MR) is 85.9 cm³/mol. The number of sulfone groups is 1. The van der Waals surface area contributed by atoms with Crippen LogP contribution in [0.15, 0.2) is 51.1 Å². The van der Waals surface area contributed by atoms with Crippen LogP contribution in [0.5, 0.6) is 0 Å². The largest absolute Gasteiger partial charge is 0.360 e. The minimum absolute atomic E-state index is 0.00920. The van der Waals surface area contributed by atoms with E-state index in [1.807, 2.05) is 0 Å². The van der Waals surface area contributed by atoms with Crippen molar-refractivity contribution in [1.82, 2.24) is 4.98 Å². The van der Waals surface area contributed by atoms with Gasteiger partial charge in [0, 0.05) is 17.6 Å². The maximum atomic E-state index is 13.4. The van der Waals surface area contributed by atoms with Crippen molar-refractivity contribution in [2.45, 2.75) is 23.6 Å². The number of halogens is 2. The van der Waals surface area contributed by atoms with Gasteiger partial charge in [-0.1, -0.05) is 12.1 Å². The molecule has 2 aromatic carbocycles. The molecule has 3 rings (SSSR count). The lowest BCUT2D eigenvalue weighted by molar-refractivity contribution is 0.510. The molecule has 3 aromatic rings. The summed E-state index contributed by atoms with van der Waals surface area (Å²) in [5.74, 6) is -2.34. The van der Waals surface area contributed by atoms with Crippen LogP contribution in [0.2, 0.25) is 0 Å². The van der Waals surface area contributed by atoms with Crippen molar-refractivity contribution in [3.05, 3.63) is 69.5 Å². The van der Waals surface area contributed by atoms with Gasteiger partial charge in [-0.2, -0.15) is 0 Å². The molecule has 0 amide bonds. The van der Waals surface area contributed by atoms with Crippen LogP contribution in [0, 0.1) is 25.5 Å². The van der Waals surface area contributed by atoms with Crippen molar-refractivity contribution in [3.8, 4) is 0 Å². The zero-order chi connectivity index (χ0) is 17.6. The maximum absolute atomic E-state index is 13.4. The van der Waals surface area contributed by atoms with E-state index in [4.69, 9.17) is 0 Å². The molecule has 24 heavy (non-hydrogen) atoms. The SMILES string of the molecule is Cc1ccc(C)c(S(=O)(=O)c2c[nH]c3cc(F)c(F)cc3c2=O)c1. The summed E-state index contributed by atoms with van der Waals surface area (Å²) in [4.78, 5) is 14.6. The zero-order valence-electron chi connectivity index (χ0n) is 12.9. The quantitative estimate of drug-likeness (QED) is 0.772. The van der Waals surface area contributed by atoms with E-state index in [1.165, 1.54) is 6.07 Å². The highest BCUT2D eigenvalue weighted by molar-refractivity contribution is 7.91. The van der Waals surface area contributed by atoms with E-state index in [9.17, 15) is 22.0 Å². The number of hydrogen-bond acceptors (Lipinski definition) is 3. The van der Waals surface area contributed by atoms with Crippen LogP contribution < -0.4 is 5.43 Å². The second kappa shape index (κ2) is 5.52. The Morgan fingerprint density at radius 2 is 1.62 bits per heavy atom. The van der Waals surface area contributed by atoms with Crippen LogP contribution in [-0.2, 0) is 9.84 Å². The summed E-state index contributed by atoms with van der Waals surface area (Å²) in [5.41, 5.74) is 0.372. The van der Waals surface area contributed by atoms with Gasteiger partial charge in [-0.15, -0.1) is 0 Å². The molecule has 0 radical (unpaired) electrons. The normalized spacial score (nSPS) is 11.8. The number of aromatic nitrogens is 1. The molecule has 0 aliphatic heterocycles. The first-order valence-electron chi connectivity index (χ1n) is 7.04. The Hall–Kier alpha value is -2.54. The van der Waals surface area contributed by atoms with Gasteiger partial charge < -0.3 is 4.98 Å². The number of rotatable bonds is 2. The topological polar surface area (TPSA) is 67.0 Å². The van der Waals surface area contributed by atoms with Gasteiger partial charge in [-0.25, -0.2) is 17.2 Å². The van der Waals surface area contributed by atoms with E-state index >= 15 is 0 Å². The molecule has 1 N–H and O–H groups in total. The van der Waals surface area contributed by atoms with Crippen molar-refractivity contribution >= 4 is 20.7 Å². The highest BCUT2D eigenvalue weighted by Crippen LogP contribution is 2.24. The molecule has 0 unspecified atom stereocenters. The molecule has 0 atom stereocenters. The van der Waals surface area contributed by atoms with Crippen molar-refractivity contribution in [1.29, 1.82) is 0 Å². The Morgan fingerprint density at radius 1 is 0.958 bits per heavy atom. The molecule has 0 saturated heterocycles. The number of nitrogens with one attached hydrogen (secondary N) is 1. The molecular formula is C17H13F2NO3S. The molecule has 0 spiro atoms. The Morgan fingerprint density at radius 3 is 2.33 bits per heavy atom. The fourth-order valence-electron chi connectivity index (χ4n) is 2.51. The summed E-state index contributed by atoms with van der Waals surface area (Å²) in [6.45, 7) is 3.36. The van der Waals surface area contributed by atoms with Gasteiger partial charge in [0.1, 0.15) is 4.90 Å². The Bertz CT molecular complexity index is 1130. The summed E-state index contributed by atoms with van der Waals surface area (Å²) in [6.07, 6.45) is 1.01. The van der Waals surface area contributed by atoms with Crippen LogP contribution in [0.4, 0.5) is 8.78 Å². The average molecular weight is 349 g/mol. The average Bonchev–Trinajstić information content (AvgIpc) is 2.51. The minimum atomic E-state index is -4.10. The molecule has 124 valence electrons. The third-order valence-electron chi connectivity index (χ3n) is 3.81. The molecule has 0 aliphatic carbocycles. The zero-order valence-corrected chi connectivity index (χ0v) is 13.7. The van der Waals surface area contributed by atoms with Crippen molar-refractivity contribution < 1.29 is 17.2 Å². The van der Waals surface area contributed by atoms with E-state index in [0.717, 1.165) is 17.8 Å². The smallest absolute Gasteiger partial charge is 0.212 e. The van der Waals surface area contributed by atoms with Crippen LogP contribution >= 0.6 is 0 Å². The first-order valence-corrected chi connectivity index (χ1v) is 8.53. The third-order valence-corrected chi connectivity index (χ3v) is 5.71. The van der Waals surface area contributed by atoms with E-state index in [-0.39, 0.29) is 15.8 Å². The van der Waals surface area contributed by atoms with E-state index in [2.05, 4.69) is 4.98 Å². The molecule has 0 fully saturated rings. The highest BCUT2D eigenvalue weighted by atomic mass is 32.2. The first kappa shape index (κ1) is 16.3. The van der Waals surface area contributed by atoms with Gasteiger partial charge in [0.15, 0.2) is 11.6 Å². The fraction of sp³-hybridized carbons (Fsp3) is 0.118. The number of aryl methyl sites for hydroxylation is 2. The monoisotopic (exact) mass is 349 g/mol. The maximum Gasteiger partial charge on any atom is 0.212 e. The summed E-state index contributed by atoms with van der Waals surface area (Å²) in [7, 11) is -4.10. The number of H-pyrrole nitrogens is 1. The molecule has 7 heteroatoms. The Kier molecular flexibility index (Phi) is 3.76. The molecule has 1 aromatic heterocycles. The number of hydrogen-bond donors (Lipinski definition) is 1. The lowest BCUT2D eigenvalue weighted by Crippen LogP contribution is -2.17. The van der Waals surface area contributed by atoms with Crippen LogP contribution in [0.25, 0.3) is 10.9 Å². The lowest BCUT2D eigenvalue weighted by Gasteiger charge is -2.09. The van der Waals surface area contributed by atoms with Crippen LogP contribution in [-0.4, -0.2) is 13.4 Å². The molecule has 4 nitrogen and oxygen atoms in total. The summed E-state index contributed by atoms with van der Waals surface area (Å²) >= 11 is 0. The Balaban J connectivity index is 2.33. The highest BCUT2D eigenvalue weighted by Gasteiger charge is 2.24. The summed E-state index contributed by atoms with van der Waals surface area (Å²) < 4.78 is 52.4. The number of pyridine rings is 1. The van der Waals surface area contributed by atoms with Crippen LogP contribution in [0.3, 0.4) is 0 Å². The van der Waals surface area contributed by atoms with E-state index in [1.54, 1.807) is 26.0 Å². The van der Waals surface area contributed by atoms with E-state index in [0.29, 0.717) is 11.6 Å². The minimum Gasteiger partial charge on any atom is -0.360 e. The third kappa shape index (κ3) is 2.50. The Labute approximate surface area is 136 Å². The number of benzene rings is 2. The van der Waals surface area contributed by atoms with E-state index < -0.39 is 31.8 Å². The second-order valence-corrected chi connectivity index (χ2v) is 7.45. The molecular weight excluding hydrogens is 336 g/mol. The molecule has 0 aliphatic rings. The van der Waals surface area contributed by atoms with Gasteiger partial charge in [0.2, 0.25) is 15.3 Å². The molecule has 1 heterocycles. The van der Waals surface area contributed by atoms with Crippen molar-refractivity contribution in [3.63, 3.8) is 0 Å². The van der Waals surface area contributed by atoms with Gasteiger partial charge in [-0.05, 0) is 37.1 Å². The summed E-state index contributed by atoms with van der Waals surface area (Å²) in [6, 6.07) is 6.40. The predicted octanol–water partition coefficient (Wildman–Crippen LogP) is 3.26. The number of fused-ring (bicyclic) bond motifs is 1. The fourth-order valence-corrected chi connectivity index (χ4v) is 4.15. The van der Waals surface area contributed by atoms with Gasteiger partial charge in [0.05, 0.1) is 10.4 Å². The standard InChI is InChI=1S/C17H13F2NO3S/c1-9-3-4-10(2)15(5-9)24(22,23)16-8-20-14-7-13(19)12(18)6-11(14)17(16)21/h3-8H,1-2H3,(H,20,21). The second-order valence-electron chi connectivity index (χ2n) is 5.57. The lowest BCUT2D eigenvalue weighted by atomic mass is 10.2. The van der Waals surface area contributed by atoms with Gasteiger partial charge in [-0.3, -0.25) is 4.79 Å². The van der Waals surface area contributed by atoms with Crippen molar-refractivity contribution in [2.75, 3.05) is 0 Å². The molecule has 0 bridgehead atoms. The number of aromatic amines is 1. The van der Waals surface area contributed by atoms with Gasteiger partial charge in [0.25, 0.3) is 0 Å². The van der Waals surface area contributed by atoms with Crippen molar-refractivity contribution in [2.24, 2.45) is 0 Å². The molecule has 0 saturated carbocycles. The van der Waals surface area contributed by atoms with Crippen LogP contribution in [0.1, 0.15) is 11.1 Å². The van der Waals surface area contributed by atoms with Gasteiger partial charge >= 0.3 is 0 Å². The summed E-state index contributed by atoms with van der Waals surface area (Å²) in [5, 5.41) is -0.222.